The van der Waals surface area contributed by atoms with Crippen molar-refractivity contribution in [3.8, 4) is 5.88 Å². The number of pyridine rings is 1. The Hall–Kier alpha value is -1.65. The van der Waals surface area contributed by atoms with Gasteiger partial charge in [0.25, 0.3) is 0 Å². The summed E-state index contributed by atoms with van der Waals surface area (Å²) in [4.78, 5) is 17.8. The third kappa shape index (κ3) is 2.92. The molecule has 2 fully saturated rings. The molecular weight excluding hydrogens is 259 g/mol. The monoisotopic (exact) mass is 278 g/mol. The zero-order valence-electron chi connectivity index (χ0n) is 11.4. The number of rotatable bonds is 3. The van der Waals surface area contributed by atoms with Gasteiger partial charge in [-0.15, -0.1) is 0 Å². The van der Waals surface area contributed by atoms with E-state index in [9.17, 15) is 9.18 Å². The summed E-state index contributed by atoms with van der Waals surface area (Å²) >= 11 is 0. The summed E-state index contributed by atoms with van der Waals surface area (Å²) in [6.45, 7) is 1.46. The number of carbonyl (C=O) groups excluding carboxylic acids is 1. The Labute approximate surface area is 117 Å². The van der Waals surface area contributed by atoms with Gasteiger partial charge in [0.05, 0.1) is 0 Å². The summed E-state index contributed by atoms with van der Waals surface area (Å²) in [6.07, 6.45) is 4.87. The average molecular weight is 278 g/mol. The minimum atomic E-state index is -0.528. The highest BCUT2D eigenvalue weighted by Gasteiger charge is 2.32. The molecule has 2 aliphatic rings. The van der Waals surface area contributed by atoms with E-state index in [0.717, 1.165) is 38.8 Å². The van der Waals surface area contributed by atoms with E-state index in [4.69, 9.17) is 4.74 Å². The maximum Gasteiger partial charge on any atom is 0.225 e. The number of piperidine rings is 1. The molecule has 1 saturated heterocycles. The second kappa shape index (κ2) is 5.77. The van der Waals surface area contributed by atoms with Crippen LogP contribution in [-0.2, 0) is 4.79 Å². The van der Waals surface area contributed by atoms with Crippen molar-refractivity contribution < 1.29 is 13.9 Å². The number of amides is 1. The van der Waals surface area contributed by atoms with Gasteiger partial charge < -0.3 is 9.64 Å². The SMILES string of the molecule is O=C(C1CCC1)N1CCC(Oc2cccc(F)n2)CC1. The van der Waals surface area contributed by atoms with Crippen molar-refractivity contribution in [2.45, 2.75) is 38.2 Å². The zero-order chi connectivity index (χ0) is 13.9. The Balaban J connectivity index is 1.49. The highest BCUT2D eigenvalue weighted by molar-refractivity contribution is 5.79. The van der Waals surface area contributed by atoms with Gasteiger partial charge in [-0.25, -0.2) is 0 Å². The number of carbonyl (C=O) groups is 1. The minimum absolute atomic E-state index is 0.0229. The van der Waals surface area contributed by atoms with Gasteiger partial charge >= 0.3 is 0 Å². The number of likely N-dealkylation sites (tertiary alicyclic amines) is 1. The molecule has 2 heterocycles. The summed E-state index contributed by atoms with van der Waals surface area (Å²) in [5.74, 6) is 0.366. The van der Waals surface area contributed by atoms with Gasteiger partial charge in [-0.2, -0.15) is 9.37 Å². The Bertz CT molecular complexity index is 483. The van der Waals surface area contributed by atoms with Crippen molar-refractivity contribution in [1.29, 1.82) is 0 Å². The first-order valence-electron chi connectivity index (χ1n) is 7.30. The van der Waals surface area contributed by atoms with Crippen molar-refractivity contribution in [2.24, 2.45) is 5.92 Å². The number of nitrogens with zero attached hydrogens (tertiary/aromatic N) is 2. The van der Waals surface area contributed by atoms with Crippen LogP contribution in [-0.4, -0.2) is 35.0 Å². The highest BCUT2D eigenvalue weighted by atomic mass is 19.1. The summed E-state index contributed by atoms with van der Waals surface area (Å²) in [7, 11) is 0. The molecule has 4 nitrogen and oxygen atoms in total. The molecule has 0 unspecified atom stereocenters. The van der Waals surface area contributed by atoms with Crippen LogP contribution in [0.15, 0.2) is 18.2 Å². The highest BCUT2D eigenvalue weighted by Crippen LogP contribution is 2.29. The van der Waals surface area contributed by atoms with E-state index in [1.165, 1.54) is 12.5 Å². The van der Waals surface area contributed by atoms with Crippen LogP contribution in [0.1, 0.15) is 32.1 Å². The number of hydrogen-bond donors (Lipinski definition) is 0. The van der Waals surface area contributed by atoms with Crippen molar-refractivity contribution in [1.82, 2.24) is 9.88 Å². The van der Waals surface area contributed by atoms with Gasteiger partial charge in [0.1, 0.15) is 6.10 Å². The van der Waals surface area contributed by atoms with Crippen LogP contribution in [0.2, 0.25) is 0 Å². The lowest BCUT2D eigenvalue weighted by Crippen LogP contribution is -2.45. The summed E-state index contributed by atoms with van der Waals surface area (Å²) < 4.78 is 18.7. The molecule has 0 N–H and O–H groups in total. The Kier molecular flexibility index (Phi) is 3.85. The van der Waals surface area contributed by atoms with Crippen LogP contribution in [0.3, 0.4) is 0 Å². The molecule has 1 aromatic rings. The first-order chi connectivity index (χ1) is 9.72. The zero-order valence-corrected chi connectivity index (χ0v) is 11.4. The molecule has 0 atom stereocenters. The van der Waals surface area contributed by atoms with E-state index in [-0.39, 0.29) is 12.0 Å². The third-order valence-corrected chi connectivity index (χ3v) is 4.19. The molecule has 1 aliphatic carbocycles. The van der Waals surface area contributed by atoms with Crippen molar-refractivity contribution in [2.75, 3.05) is 13.1 Å². The lowest BCUT2D eigenvalue weighted by molar-refractivity contribution is -0.140. The summed E-state index contributed by atoms with van der Waals surface area (Å²) in [5.41, 5.74) is 0. The van der Waals surface area contributed by atoms with Crippen LogP contribution in [0.5, 0.6) is 5.88 Å². The molecule has 1 saturated carbocycles. The molecule has 0 radical (unpaired) electrons. The number of aromatic nitrogens is 1. The van der Waals surface area contributed by atoms with Crippen molar-refractivity contribution in [3.05, 3.63) is 24.1 Å². The Morgan fingerprint density at radius 1 is 1.25 bits per heavy atom. The fourth-order valence-corrected chi connectivity index (χ4v) is 2.73. The first-order valence-corrected chi connectivity index (χ1v) is 7.30. The largest absolute Gasteiger partial charge is 0.474 e. The molecule has 0 spiro atoms. The molecule has 1 aliphatic heterocycles. The fourth-order valence-electron chi connectivity index (χ4n) is 2.73. The standard InChI is InChI=1S/C15H19FN2O2/c16-13-5-2-6-14(17-13)20-12-7-9-18(10-8-12)15(19)11-3-1-4-11/h2,5-6,11-12H,1,3-4,7-10H2. The Morgan fingerprint density at radius 2 is 2.00 bits per heavy atom. The van der Waals surface area contributed by atoms with Crippen LogP contribution in [0, 0.1) is 11.9 Å². The van der Waals surface area contributed by atoms with Crippen LogP contribution in [0.25, 0.3) is 0 Å². The van der Waals surface area contributed by atoms with Crippen LogP contribution < -0.4 is 4.74 Å². The summed E-state index contributed by atoms with van der Waals surface area (Å²) in [5, 5.41) is 0. The lowest BCUT2D eigenvalue weighted by Gasteiger charge is -2.36. The van der Waals surface area contributed by atoms with Crippen LogP contribution >= 0.6 is 0 Å². The van der Waals surface area contributed by atoms with Gasteiger partial charge in [-0.1, -0.05) is 12.5 Å². The van der Waals surface area contributed by atoms with Gasteiger partial charge in [0, 0.05) is 37.9 Å². The third-order valence-electron chi connectivity index (χ3n) is 4.19. The molecule has 3 rings (SSSR count). The molecular formula is C15H19FN2O2. The van der Waals surface area contributed by atoms with Crippen molar-refractivity contribution >= 4 is 5.91 Å². The van der Waals surface area contributed by atoms with Gasteiger partial charge in [0.2, 0.25) is 17.7 Å². The average Bonchev–Trinajstić information content (AvgIpc) is 2.37. The van der Waals surface area contributed by atoms with E-state index in [0.29, 0.717) is 11.8 Å². The molecule has 1 aromatic heterocycles. The van der Waals surface area contributed by atoms with Gasteiger partial charge in [0.15, 0.2) is 0 Å². The van der Waals surface area contributed by atoms with E-state index < -0.39 is 5.95 Å². The van der Waals surface area contributed by atoms with E-state index in [2.05, 4.69) is 4.98 Å². The lowest BCUT2D eigenvalue weighted by atomic mass is 9.84. The second-order valence-electron chi connectivity index (χ2n) is 5.57. The van der Waals surface area contributed by atoms with E-state index in [1.807, 2.05) is 4.90 Å². The molecule has 20 heavy (non-hydrogen) atoms. The van der Waals surface area contributed by atoms with Crippen LogP contribution in [0.4, 0.5) is 4.39 Å². The molecule has 5 heteroatoms. The smallest absolute Gasteiger partial charge is 0.225 e. The molecule has 0 bridgehead atoms. The summed E-state index contributed by atoms with van der Waals surface area (Å²) in [6, 6.07) is 4.55. The quantitative estimate of drug-likeness (QED) is 0.797. The predicted molar refractivity (Wildman–Crippen MR) is 71.8 cm³/mol. The van der Waals surface area contributed by atoms with E-state index >= 15 is 0 Å². The second-order valence-corrected chi connectivity index (χ2v) is 5.57. The maximum absolute atomic E-state index is 13.0. The normalized spacial score (nSPS) is 20.6. The maximum atomic E-state index is 13.0. The fraction of sp³-hybridized carbons (Fsp3) is 0.600. The van der Waals surface area contributed by atoms with E-state index in [1.54, 1.807) is 12.1 Å². The topological polar surface area (TPSA) is 42.4 Å². The predicted octanol–water partition coefficient (Wildman–Crippen LogP) is 2.39. The van der Waals surface area contributed by atoms with Crippen molar-refractivity contribution in [3.63, 3.8) is 0 Å². The minimum Gasteiger partial charge on any atom is -0.474 e. The molecule has 108 valence electrons. The number of halogens is 1. The number of ether oxygens (including phenoxy) is 1. The Morgan fingerprint density at radius 3 is 2.60 bits per heavy atom. The molecule has 1 amide bonds. The van der Waals surface area contributed by atoms with Gasteiger partial charge in [-0.3, -0.25) is 4.79 Å². The van der Waals surface area contributed by atoms with Gasteiger partial charge in [-0.05, 0) is 18.9 Å². The molecule has 0 aromatic carbocycles. The first kappa shape index (κ1) is 13.3. The number of hydrogen-bond acceptors (Lipinski definition) is 3.